The molecule has 0 aromatic carbocycles. The van der Waals surface area contributed by atoms with Crippen molar-refractivity contribution in [2.24, 2.45) is 5.73 Å². The second kappa shape index (κ2) is 6.05. The molecule has 1 fully saturated rings. The number of carbonyl (C=O) groups excluding carboxylic acids is 1. The van der Waals surface area contributed by atoms with Gasteiger partial charge in [0.05, 0.1) is 0 Å². The van der Waals surface area contributed by atoms with Crippen LogP contribution < -0.4 is 11.1 Å². The van der Waals surface area contributed by atoms with Gasteiger partial charge in [-0.1, -0.05) is 0 Å². The Balaban J connectivity index is 2.28. The molecule has 0 radical (unpaired) electrons. The van der Waals surface area contributed by atoms with Gasteiger partial charge in [0.2, 0.25) is 5.91 Å². The van der Waals surface area contributed by atoms with Crippen molar-refractivity contribution in [3.8, 4) is 0 Å². The van der Waals surface area contributed by atoms with Gasteiger partial charge in [0.15, 0.2) is 0 Å². The lowest BCUT2D eigenvalue weighted by Crippen LogP contribution is -2.55. The minimum Gasteiger partial charge on any atom is -0.372 e. The second-order valence-corrected chi connectivity index (χ2v) is 3.88. The summed E-state index contributed by atoms with van der Waals surface area (Å²) in [5.41, 5.74) is 5.88. The molecule has 0 spiro atoms. The van der Waals surface area contributed by atoms with Gasteiger partial charge in [-0.05, 0) is 26.7 Å². The van der Waals surface area contributed by atoms with Gasteiger partial charge in [-0.15, -0.1) is 0 Å². The van der Waals surface area contributed by atoms with E-state index in [1.165, 1.54) is 0 Å². The van der Waals surface area contributed by atoms with Gasteiger partial charge in [0.1, 0.15) is 12.9 Å². The zero-order valence-electron chi connectivity index (χ0n) is 9.53. The SMILES string of the molecule is CCOCC(=O)NC(N)N1CCCC1C. The van der Waals surface area contributed by atoms with Crippen LogP contribution in [0.3, 0.4) is 0 Å². The number of hydrogen-bond donors (Lipinski definition) is 2. The lowest BCUT2D eigenvalue weighted by molar-refractivity contribution is -0.127. The van der Waals surface area contributed by atoms with Crippen LogP contribution in [0.1, 0.15) is 26.7 Å². The molecular weight excluding hydrogens is 194 g/mol. The molecule has 1 amide bonds. The van der Waals surface area contributed by atoms with Crippen molar-refractivity contribution in [2.75, 3.05) is 19.8 Å². The summed E-state index contributed by atoms with van der Waals surface area (Å²) >= 11 is 0. The fourth-order valence-corrected chi connectivity index (χ4v) is 1.85. The van der Waals surface area contributed by atoms with Crippen molar-refractivity contribution >= 4 is 5.91 Å². The minimum absolute atomic E-state index is 0.0897. The summed E-state index contributed by atoms with van der Waals surface area (Å²) in [6.45, 7) is 5.57. The maximum absolute atomic E-state index is 11.3. The normalized spacial score (nSPS) is 24.1. The van der Waals surface area contributed by atoms with Gasteiger partial charge in [0.25, 0.3) is 0 Å². The maximum Gasteiger partial charge on any atom is 0.248 e. The van der Waals surface area contributed by atoms with Crippen LogP contribution in [0.4, 0.5) is 0 Å². The first-order chi connectivity index (χ1) is 7.15. The van der Waals surface area contributed by atoms with Gasteiger partial charge in [-0.3, -0.25) is 15.4 Å². The molecule has 2 atom stereocenters. The highest BCUT2D eigenvalue weighted by molar-refractivity contribution is 5.77. The predicted octanol–water partition coefficient (Wildman–Crippen LogP) is -0.134. The molecule has 88 valence electrons. The number of likely N-dealkylation sites (tertiary alicyclic amines) is 1. The highest BCUT2D eigenvalue weighted by Crippen LogP contribution is 2.16. The Morgan fingerprint density at radius 2 is 2.47 bits per heavy atom. The number of amides is 1. The molecule has 1 saturated heterocycles. The summed E-state index contributed by atoms with van der Waals surface area (Å²) in [6.07, 6.45) is 1.92. The Labute approximate surface area is 90.9 Å². The van der Waals surface area contributed by atoms with Crippen molar-refractivity contribution < 1.29 is 9.53 Å². The number of nitrogens with zero attached hydrogens (tertiary/aromatic N) is 1. The number of nitrogens with two attached hydrogens (primary N) is 1. The van der Waals surface area contributed by atoms with Crippen LogP contribution in [0.25, 0.3) is 0 Å². The average Bonchev–Trinajstić information content (AvgIpc) is 2.61. The lowest BCUT2D eigenvalue weighted by atomic mass is 10.2. The van der Waals surface area contributed by atoms with E-state index in [0.29, 0.717) is 12.6 Å². The molecule has 0 aromatic heterocycles. The van der Waals surface area contributed by atoms with E-state index in [9.17, 15) is 4.79 Å². The van der Waals surface area contributed by atoms with Crippen LogP contribution in [0, 0.1) is 0 Å². The molecule has 5 heteroatoms. The maximum atomic E-state index is 11.3. The Kier molecular flexibility index (Phi) is 5.01. The van der Waals surface area contributed by atoms with Crippen LogP contribution in [-0.4, -0.2) is 42.9 Å². The van der Waals surface area contributed by atoms with Crippen molar-refractivity contribution in [2.45, 2.75) is 39.0 Å². The summed E-state index contributed by atoms with van der Waals surface area (Å²) in [5.74, 6) is -0.150. The molecule has 0 bridgehead atoms. The van der Waals surface area contributed by atoms with Gasteiger partial charge < -0.3 is 10.1 Å². The van der Waals surface area contributed by atoms with Gasteiger partial charge in [-0.2, -0.15) is 0 Å². The van der Waals surface area contributed by atoms with Crippen molar-refractivity contribution in [1.82, 2.24) is 10.2 Å². The van der Waals surface area contributed by atoms with E-state index in [2.05, 4.69) is 17.1 Å². The van der Waals surface area contributed by atoms with Crippen LogP contribution >= 0.6 is 0 Å². The molecule has 5 nitrogen and oxygen atoms in total. The van der Waals surface area contributed by atoms with Crippen LogP contribution in [0.2, 0.25) is 0 Å². The molecule has 2 unspecified atom stereocenters. The largest absolute Gasteiger partial charge is 0.372 e. The highest BCUT2D eigenvalue weighted by Gasteiger charge is 2.26. The monoisotopic (exact) mass is 215 g/mol. The summed E-state index contributed by atoms with van der Waals surface area (Å²) in [7, 11) is 0. The van der Waals surface area contributed by atoms with Crippen molar-refractivity contribution in [3.05, 3.63) is 0 Å². The van der Waals surface area contributed by atoms with Gasteiger partial charge in [-0.25, -0.2) is 0 Å². The number of rotatable bonds is 5. The van der Waals surface area contributed by atoms with E-state index >= 15 is 0 Å². The molecular formula is C10H21N3O2. The Bertz CT molecular complexity index is 211. The van der Waals surface area contributed by atoms with E-state index in [1.54, 1.807) is 0 Å². The van der Waals surface area contributed by atoms with Crippen molar-refractivity contribution in [3.63, 3.8) is 0 Å². The number of ether oxygens (including phenoxy) is 1. The van der Waals surface area contributed by atoms with Crippen molar-refractivity contribution in [1.29, 1.82) is 0 Å². The molecule has 15 heavy (non-hydrogen) atoms. The predicted molar refractivity (Wildman–Crippen MR) is 58.0 cm³/mol. The van der Waals surface area contributed by atoms with Crippen LogP contribution in [0.5, 0.6) is 0 Å². The zero-order chi connectivity index (χ0) is 11.3. The Hall–Kier alpha value is -0.650. The summed E-state index contributed by atoms with van der Waals surface area (Å²) < 4.78 is 5.00. The molecule has 0 aromatic rings. The van der Waals surface area contributed by atoms with E-state index in [-0.39, 0.29) is 18.8 Å². The smallest absolute Gasteiger partial charge is 0.248 e. The first-order valence-corrected chi connectivity index (χ1v) is 5.53. The first-order valence-electron chi connectivity index (χ1n) is 5.53. The van der Waals surface area contributed by atoms with Gasteiger partial charge in [0, 0.05) is 19.2 Å². The number of hydrogen-bond acceptors (Lipinski definition) is 4. The third kappa shape index (κ3) is 3.77. The summed E-state index contributed by atoms with van der Waals surface area (Å²) in [6, 6.07) is 0.451. The standard InChI is InChI=1S/C10H21N3O2/c1-3-15-7-9(14)12-10(11)13-6-4-5-8(13)2/h8,10H,3-7,11H2,1-2H3,(H,12,14). The molecule has 1 rings (SSSR count). The van der Waals surface area contributed by atoms with Gasteiger partial charge >= 0.3 is 0 Å². The quantitative estimate of drug-likeness (QED) is 0.627. The number of nitrogens with one attached hydrogen (secondary N) is 1. The topological polar surface area (TPSA) is 67.6 Å². The van der Waals surface area contributed by atoms with Crippen LogP contribution in [0.15, 0.2) is 0 Å². The van der Waals surface area contributed by atoms with E-state index in [4.69, 9.17) is 10.5 Å². The number of carbonyl (C=O) groups is 1. The second-order valence-electron chi connectivity index (χ2n) is 3.88. The fraction of sp³-hybridized carbons (Fsp3) is 0.900. The van der Waals surface area contributed by atoms with E-state index < -0.39 is 0 Å². The third-order valence-electron chi connectivity index (χ3n) is 2.71. The summed E-state index contributed by atoms with van der Waals surface area (Å²) in [4.78, 5) is 13.4. The Morgan fingerprint density at radius 1 is 1.73 bits per heavy atom. The van der Waals surface area contributed by atoms with E-state index in [1.807, 2.05) is 6.92 Å². The molecule has 1 aliphatic heterocycles. The lowest BCUT2D eigenvalue weighted by Gasteiger charge is -2.28. The van der Waals surface area contributed by atoms with Crippen LogP contribution in [-0.2, 0) is 9.53 Å². The molecule has 3 N–H and O–H groups in total. The highest BCUT2D eigenvalue weighted by atomic mass is 16.5. The Morgan fingerprint density at radius 3 is 3.00 bits per heavy atom. The average molecular weight is 215 g/mol. The van der Waals surface area contributed by atoms with E-state index in [0.717, 1.165) is 19.4 Å². The summed E-state index contributed by atoms with van der Waals surface area (Å²) in [5, 5.41) is 2.73. The first kappa shape index (κ1) is 12.4. The molecule has 1 heterocycles. The fourth-order valence-electron chi connectivity index (χ4n) is 1.85. The molecule has 0 aliphatic carbocycles. The third-order valence-corrected chi connectivity index (χ3v) is 2.71. The molecule has 0 saturated carbocycles. The zero-order valence-corrected chi connectivity index (χ0v) is 9.53. The minimum atomic E-state index is -0.379. The molecule has 1 aliphatic rings.